The van der Waals surface area contributed by atoms with E-state index in [-0.39, 0.29) is 11.7 Å². The molecule has 0 fully saturated rings. The second-order valence-corrected chi connectivity index (χ2v) is 7.96. The van der Waals surface area contributed by atoms with Gasteiger partial charge in [0.2, 0.25) is 5.91 Å². The third-order valence-electron chi connectivity index (χ3n) is 4.88. The Morgan fingerprint density at radius 1 is 1.07 bits per heavy atom. The summed E-state index contributed by atoms with van der Waals surface area (Å²) in [5, 5.41) is 12.3. The van der Waals surface area contributed by atoms with E-state index >= 15 is 0 Å². The zero-order chi connectivity index (χ0) is 20.8. The molecule has 154 valence electrons. The summed E-state index contributed by atoms with van der Waals surface area (Å²) in [6, 6.07) is 19.8. The van der Waals surface area contributed by atoms with Crippen LogP contribution in [-0.4, -0.2) is 35.0 Å². The molecule has 3 aromatic rings. The van der Waals surface area contributed by atoms with E-state index in [0.717, 1.165) is 41.8 Å². The molecule has 0 saturated heterocycles. The summed E-state index contributed by atoms with van der Waals surface area (Å²) >= 11 is 1.37. The Labute approximate surface area is 180 Å². The Bertz CT molecular complexity index is 993. The number of ether oxygens (including phenoxy) is 1. The van der Waals surface area contributed by atoms with Crippen LogP contribution >= 0.6 is 11.8 Å². The highest BCUT2D eigenvalue weighted by Crippen LogP contribution is 2.24. The Morgan fingerprint density at radius 2 is 1.87 bits per heavy atom. The number of fused-ring (bicyclic) bond motifs is 1. The minimum absolute atomic E-state index is 0.0809. The number of carbonyl (C=O) groups is 1. The molecule has 0 bridgehead atoms. The van der Waals surface area contributed by atoms with Crippen molar-refractivity contribution < 1.29 is 9.53 Å². The highest BCUT2D eigenvalue weighted by atomic mass is 32.2. The smallest absolute Gasteiger partial charge is 0.234 e. The fourth-order valence-corrected chi connectivity index (χ4v) is 4.00. The van der Waals surface area contributed by atoms with Gasteiger partial charge in [0.15, 0.2) is 5.82 Å². The molecule has 30 heavy (non-hydrogen) atoms. The number of carbonyl (C=O) groups excluding carboxylic acids is 1. The molecular weight excluding hydrogens is 396 g/mol. The maximum atomic E-state index is 12.2. The first-order chi connectivity index (χ1) is 14.7. The van der Waals surface area contributed by atoms with Crippen LogP contribution in [0, 0.1) is 0 Å². The summed E-state index contributed by atoms with van der Waals surface area (Å²) in [5.41, 5.74) is 3.50. The molecular formula is C23H24N4O2S. The number of hydrogen-bond donors (Lipinski definition) is 1. The number of rotatable bonds is 7. The topological polar surface area (TPSA) is 67.3 Å². The van der Waals surface area contributed by atoms with Crippen LogP contribution in [0.1, 0.15) is 18.1 Å². The molecule has 1 N–H and O–H groups in total. The van der Waals surface area contributed by atoms with Crippen LogP contribution < -0.4 is 15.0 Å². The predicted molar refractivity (Wildman–Crippen MR) is 120 cm³/mol. The van der Waals surface area contributed by atoms with Crippen LogP contribution in [-0.2, 0) is 17.8 Å². The van der Waals surface area contributed by atoms with Gasteiger partial charge in [-0.3, -0.25) is 4.79 Å². The molecule has 0 radical (unpaired) electrons. The van der Waals surface area contributed by atoms with Gasteiger partial charge in [-0.25, -0.2) is 0 Å². The number of benzene rings is 2. The van der Waals surface area contributed by atoms with Crippen molar-refractivity contribution in [1.29, 1.82) is 0 Å². The van der Waals surface area contributed by atoms with Crippen molar-refractivity contribution in [3.63, 3.8) is 0 Å². The molecule has 7 heteroatoms. The van der Waals surface area contributed by atoms with E-state index in [4.69, 9.17) is 4.74 Å². The third kappa shape index (κ3) is 5.10. The molecule has 1 aliphatic rings. The SMILES string of the molecule is CCOc1ccc(NC(=O)CSc2ccc(N3CCc4ccccc4C3)nn2)cc1. The maximum absolute atomic E-state index is 12.2. The molecule has 0 saturated carbocycles. The molecule has 1 aliphatic heterocycles. The highest BCUT2D eigenvalue weighted by Gasteiger charge is 2.17. The van der Waals surface area contributed by atoms with Gasteiger partial charge in [-0.15, -0.1) is 10.2 Å². The van der Waals surface area contributed by atoms with Gasteiger partial charge in [-0.05, 0) is 60.9 Å². The van der Waals surface area contributed by atoms with Crippen molar-refractivity contribution in [1.82, 2.24) is 10.2 Å². The molecule has 0 spiro atoms. The largest absolute Gasteiger partial charge is 0.494 e. The number of nitrogens with zero attached hydrogens (tertiary/aromatic N) is 3. The Balaban J connectivity index is 1.28. The first kappa shape index (κ1) is 20.2. The number of anilines is 2. The van der Waals surface area contributed by atoms with Crippen molar-refractivity contribution in [2.75, 3.05) is 29.1 Å². The van der Waals surface area contributed by atoms with Gasteiger partial charge in [0.25, 0.3) is 0 Å². The van der Waals surface area contributed by atoms with Crippen LogP contribution in [0.3, 0.4) is 0 Å². The number of nitrogens with one attached hydrogen (secondary N) is 1. The Hall–Kier alpha value is -3.06. The van der Waals surface area contributed by atoms with Crippen molar-refractivity contribution in [3.8, 4) is 5.75 Å². The van der Waals surface area contributed by atoms with Crippen molar-refractivity contribution in [3.05, 3.63) is 71.8 Å². The minimum atomic E-state index is -0.0809. The normalized spacial score (nSPS) is 12.9. The summed E-state index contributed by atoms with van der Waals surface area (Å²) < 4.78 is 5.41. The number of hydrogen-bond acceptors (Lipinski definition) is 6. The molecule has 1 amide bonds. The summed E-state index contributed by atoms with van der Waals surface area (Å²) in [5.74, 6) is 1.85. The van der Waals surface area contributed by atoms with Crippen LogP contribution in [0.4, 0.5) is 11.5 Å². The fraction of sp³-hybridized carbons (Fsp3) is 0.261. The summed E-state index contributed by atoms with van der Waals surface area (Å²) in [6.45, 7) is 4.34. The van der Waals surface area contributed by atoms with Crippen LogP contribution in [0.2, 0.25) is 0 Å². The van der Waals surface area contributed by atoms with Crippen LogP contribution in [0.5, 0.6) is 5.75 Å². The zero-order valence-electron chi connectivity index (χ0n) is 16.9. The Morgan fingerprint density at radius 3 is 2.60 bits per heavy atom. The van der Waals surface area contributed by atoms with E-state index in [0.29, 0.717) is 6.61 Å². The van der Waals surface area contributed by atoms with Gasteiger partial charge < -0.3 is 15.0 Å². The first-order valence-electron chi connectivity index (χ1n) is 10.0. The lowest BCUT2D eigenvalue weighted by atomic mass is 10.00. The van der Waals surface area contributed by atoms with E-state index < -0.39 is 0 Å². The van der Waals surface area contributed by atoms with E-state index in [1.54, 1.807) is 0 Å². The lowest BCUT2D eigenvalue weighted by Crippen LogP contribution is -2.31. The van der Waals surface area contributed by atoms with Crippen molar-refractivity contribution in [2.45, 2.75) is 24.9 Å². The van der Waals surface area contributed by atoms with Crippen LogP contribution in [0.25, 0.3) is 0 Å². The molecule has 6 nitrogen and oxygen atoms in total. The zero-order valence-corrected chi connectivity index (χ0v) is 17.7. The lowest BCUT2D eigenvalue weighted by molar-refractivity contribution is -0.113. The van der Waals surface area contributed by atoms with Gasteiger partial charge >= 0.3 is 0 Å². The number of aromatic nitrogens is 2. The lowest BCUT2D eigenvalue weighted by Gasteiger charge is -2.29. The van der Waals surface area contributed by atoms with Crippen molar-refractivity contribution >= 4 is 29.2 Å². The molecule has 0 unspecified atom stereocenters. The third-order valence-corrected chi connectivity index (χ3v) is 5.80. The minimum Gasteiger partial charge on any atom is -0.494 e. The average Bonchev–Trinajstić information content (AvgIpc) is 2.79. The molecule has 0 aliphatic carbocycles. The molecule has 1 aromatic heterocycles. The average molecular weight is 421 g/mol. The summed E-state index contributed by atoms with van der Waals surface area (Å²) in [6.07, 6.45) is 1.01. The van der Waals surface area contributed by atoms with Gasteiger partial charge in [-0.2, -0.15) is 0 Å². The highest BCUT2D eigenvalue weighted by molar-refractivity contribution is 7.99. The number of amides is 1. The van der Waals surface area contributed by atoms with Gasteiger partial charge in [0, 0.05) is 18.8 Å². The first-order valence-corrected chi connectivity index (χ1v) is 11.0. The molecule has 0 atom stereocenters. The quantitative estimate of drug-likeness (QED) is 0.579. The fourth-order valence-electron chi connectivity index (χ4n) is 3.39. The molecule has 2 heterocycles. The van der Waals surface area contributed by atoms with E-state index in [1.807, 2.05) is 43.3 Å². The van der Waals surface area contributed by atoms with E-state index in [9.17, 15) is 4.79 Å². The number of thioether (sulfide) groups is 1. The monoisotopic (exact) mass is 420 g/mol. The van der Waals surface area contributed by atoms with Gasteiger partial charge in [0.1, 0.15) is 10.8 Å². The van der Waals surface area contributed by atoms with Gasteiger partial charge in [0.05, 0.1) is 12.4 Å². The molecule has 4 rings (SSSR count). The summed E-state index contributed by atoms with van der Waals surface area (Å²) in [4.78, 5) is 14.4. The molecule has 2 aromatic carbocycles. The Kier molecular flexibility index (Phi) is 6.49. The van der Waals surface area contributed by atoms with E-state index in [1.165, 1.54) is 22.9 Å². The maximum Gasteiger partial charge on any atom is 0.234 e. The summed E-state index contributed by atoms with van der Waals surface area (Å²) in [7, 11) is 0. The van der Waals surface area contributed by atoms with Crippen molar-refractivity contribution in [2.24, 2.45) is 0 Å². The van der Waals surface area contributed by atoms with E-state index in [2.05, 4.69) is 44.7 Å². The second-order valence-electron chi connectivity index (χ2n) is 6.96. The van der Waals surface area contributed by atoms with Crippen LogP contribution in [0.15, 0.2) is 65.7 Å². The van der Waals surface area contributed by atoms with Gasteiger partial charge in [-0.1, -0.05) is 36.0 Å². The second kappa shape index (κ2) is 9.63. The predicted octanol–water partition coefficient (Wildman–Crippen LogP) is 4.17. The standard InChI is InChI=1S/C23H24N4O2S/c1-2-29-20-9-7-19(8-10-20)24-22(28)16-30-23-12-11-21(25-26-23)27-14-13-17-5-3-4-6-18(17)15-27/h3-12H,2,13-16H2,1H3,(H,24,28).